The lowest BCUT2D eigenvalue weighted by Crippen LogP contribution is -2.03. The maximum atomic E-state index is 5.73. The number of hydrogen-bond donors (Lipinski definition) is 3. The minimum atomic E-state index is 0.0308. The first-order valence-corrected chi connectivity index (χ1v) is 7.04. The van der Waals surface area contributed by atoms with E-state index in [1.165, 1.54) is 0 Å². The summed E-state index contributed by atoms with van der Waals surface area (Å²) in [6, 6.07) is 14.4. The van der Waals surface area contributed by atoms with E-state index in [0.717, 1.165) is 5.69 Å². The van der Waals surface area contributed by atoms with Crippen molar-refractivity contribution in [1.82, 2.24) is 15.0 Å². The fraction of sp³-hybridized carbons (Fsp3) is 0. The molecule has 7 nitrogen and oxygen atoms in total. The van der Waals surface area contributed by atoms with E-state index in [4.69, 9.17) is 27.8 Å². The van der Waals surface area contributed by atoms with Crippen LogP contribution in [0.2, 0.25) is 5.28 Å². The van der Waals surface area contributed by atoms with Crippen molar-refractivity contribution in [2.24, 2.45) is 0 Å². The van der Waals surface area contributed by atoms with E-state index in [2.05, 4.69) is 20.3 Å². The van der Waals surface area contributed by atoms with E-state index >= 15 is 0 Å². The average molecular weight is 329 g/mol. The van der Waals surface area contributed by atoms with Gasteiger partial charge in [0.05, 0.1) is 0 Å². The molecule has 0 saturated carbocycles. The van der Waals surface area contributed by atoms with Gasteiger partial charge < -0.3 is 21.5 Å². The molecule has 1 aromatic heterocycles. The molecule has 0 atom stereocenters. The summed E-state index contributed by atoms with van der Waals surface area (Å²) >= 11 is 5.73. The van der Waals surface area contributed by atoms with Gasteiger partial charge in [0.15, 0.2) is 0 Å². The summed E-state index contributed by atoms with van der Waals surface area (Å²) in [7, 11) is 0. The molecule has 3 aromatic rings. The number of nitrogen functional groups attached to an aromatic ring is 2. The predicted molar refractivity (Wildman–Crippen MR) is 89.9 cm³/mol. The van der Waals surface area contributed by atoms with Crippen molar-refractivity contribution in [1.29, 1.82) is 0 Å². The van der Waals surface area contributed by atoms with E-state index in [1.54, 1.807) is 24.3 Å². The average Bonchev–Trinajstić information content (AvgIpc) is 2.50. The summed E-state index contributed by atoms with van der Waals surface area (Å²) in [5.41, 5.74) is 12.6. The summed E-state index contributed by atoms with van der Waals surface area (Å²) in [6.45, 7) is 0. The molecule has 2 aromatic carbocycles. The van der Waals surface area contributed by atoms with Gasteiger partial charge in [-0.3, -0.25) is 0 Å². The second kappa shape index (κ2) is 6.37. The Labute approximate surface area is 137 Å². The SMILES string of the molecule is Nc1ccc(Oc2ccc(Nc3nc(N)nc(Cl)n3)cc2)cc1. The highest BCUT2D eigenvalue weighted by Gasteiger charge is 2.03. The highest BCUT2D eigenvalue weighted by atomic mass is 35.5. The van der Waals surface area contributed by atoms with Crippen molar-refractivity contribution in [3.8, 4) is 11.5 Å². The second-order valence-electron chi connectivity index (χ2n) is 4.61. The summed E-state index contributed by atoms with van der Waals surface area (Å²) < 4.78 is 5.71. The molecule has 0 bridgehead atoms. The van der Waals surface area contributed by atoms with Gasteiger partial charge in [0.2, 0.25) is 17.2 Å². The van der Waals surface area contributed by atoms with Gasteiger partial charge in [-0.25, -0.2) is 0 Å². The van der Waals surface area contributed by atoms with Crippen LogP contribution in [0.25, 0.3) is 0 Å². The van der Waals surface area contributed by atoms with Crippen LogP contribution in [0.3, 0.4) is 0 Å². The first kappa shape index (κ1) is 14.9. The largest absolute Gasteiger partial charge is 0.457 e. The molecule has 8 heteroatoms. The standard InChI is InChI=1S/C15H13ClN6O/c16-13-20-14(18)22-15(21-13)19-10-3-7-12(8-4-10)23-11-5-1-9(17)2-6-11/h1-8H,17H2,(H3,18,19,20,21,22). The van der Waals surface area contributed by atoms with Crippen LogP contribution in [0.15, 0.2) is 48.5 Å². The zero-order valence-electron chi connectivity index (χ0n) is 11.9. The number of halogens is 1. The molecular formula is C15H13ClN6O. The molecule has 5 N–H and O–H groups in total. The van der Waals surface area contributed by atoms with E-state index in [-0.39, 0.29) is 17.2 Å². The number of rotatable bonds is 4. The van der Waals surface area contributed by atoms with Crippen LogP contribution in [0.1, 0.15) is 0 Å². The molecule has 0 unspecified atom stereocenters. The fourth-order valence-electron chi connectivity index (χ4n) is 1.83. The third-order valence-corrected chi connectivity index (χ3v) is 3.02. The molecule has 116 valence electrons. The van der Waals surface area contributed by atoms with Gasteiger partial charge in [-0.05, 0) is 60.1 Å². The van der Waals surface area contributed by atoms with E-state index in [0.29, 0.717) is 17.2 Å². The van der Waals surface area contributed by atoms with Gasteiger partial charge in [0.25, 0.3) is 0 Å². The van der Waals surface area contributed by atoms with Gasteiger partial charge in [0.1, 0.15) is 11.5 Å². The molecule has 0 saturated heterocycles. The zero-order chi connectivity index (χ0) is 16.2. The highest BCUT2D eigenvalue weighted by Crippen LogP contribution is 2.24. The summed E-state index contributed by atoms with van der Waals surface area (Å²) in [6.07, 6.45) is 0. The topological polar surface area (TPSA) is 112 Å². The first-order chi connectivity index (χ1) is 11.1. The van der Waals surface area contributed by atoms with E-state index < -0.39 is 0 Å². The van der Waals surface area contributed by atoms with Crippen LogP contribution in [0, 0.1) is 0 Å². The van der Waals surface area contributed by atoms with Crippen molar-refractivity contribution < 1.29 is 4.74 Å². The van der Waals surface area contributed by atoms with Crippen LogP contribution in [0.4, 0.5) is 23.3 Å². The molecule has 0 aliphatic heterocycles. The van der Waals surface area contributed by atoms with Crippen molar-refractivity contribution in [2.45, 2.75) is 0 Å². The molecule has 0 aliphatic carbocycles. The summed E-state index contributed by atoms with van der Waals surface area (Å²) in [5.74, 6) is 1.72. The Hall–Kier alpha value is -3.06. The Kier molecular flexibility index (Phi) is 4.11. The van der Waals surface area contributed by atoms with Crippen molar-refractivity contribution in [2.75, 3.05) is 16.8 Å². The predicted octanol–water partition coefficient (Wildman–Crippen LogP) is 3.23. The molecule has 1 heterocycles. The zero-order valence-corrected chi connectivity index (χ0v) is 12.7. The van der Waals surface area contributed by atoms with Crippen LogP contribution < -0.4 is 21.5 Å². The molecule has 0 aliphatic rings. The Morgan fingerprint density at radius 3 is 2.04 bits per heavy atom. The van der Waals surface area contributed by atoms with Gasteiger partial charge in [-0.2, -0.15) is 15.0 Å². The molecule has 0 fully saturated rings. The van der Waals surface area contributed by atoms with Crippen LogP contribution >= 0.6 is 11.6 Å². The molecule has 0 spiro atoms. The number of anilines is 4. The monoisotopic (exact) mass is 328 g/mol. The van der Waals surface area contributed by atoms with Gasteiger partial charge in [-0.15, -0.1) is 0 Å². The van der Waals surface area contributed by atoms with E-state index in [9.17, 15) is 0 Å². The minimum absolute atomic E-state index is 0.0308. The molecule has 0 amide bonds. The summed E-state index contributed by atoms with van der Waals surface area (Å²) in [5, 5.41) is 3.02. The maximum Gasteiger partial charge on any atom is 0.233 e. The lowest BCUT2D eigenvalue weighted by molar-refractivity contribution is 0.483. The third-order valence-electron chi connectivity index (χ3n) is 2.85. The number of nitrogens with two attached hydrogens (primary N) is 2. The lowest BCUT2D eigenvalue weighted by Gasteiger charge is -2.08. The Bertz CT molecular complexity index is 787. The van der Waals surface area contributed by atoms with E-state index in [1.807, 2.05) is 24.3 Å². The van der Waals surface area contributed by atoms with Gasteiger partial charge in [0, 0.05) is 11.4 Å². The first-order valence-electron chi connectivity index (χ1n) is 6.66. The van der Waals surface area contributed by atoms with Crippen LogP contribution in [0.5, 0.6) is 11.5 Å². The molecule has 23 heavy (non-hydrogen) atoms. The van der Waals surface area contributed by atoms with Gasteiger partial charge >= 0.3 is 0 Å². The van der Waals surface area contributed by atoms with Crippen molar-refractivity contribution in [3.05, 3.63) is 53.8 Å². The number of hydrogen-bond acceptors (Lipinski definition) is 7. The maximum absolute atomic E-state index is 5.73. The van der Waals surface area contributed by atoms with Crippen LogP contribution in [-0.2, 0) is 0 Å². The third kappa shape index (κ3) is 3.98. The van der Waals surface area contributed by atoms with Crippen molar-refractivity contribution in [3.63, 3.8) is 0 Å². The molecule has 0 radical (unpaired) electrons. The minimum Gasteiger partial charge on any atom is -0.457 e. The Morgan fingerprint density at radius 2 is 1.43 bits per heavy atom. The number of benzene rings is 2. The Morgan fingerprint density at radius 1 is 0.826 bits per heavy atom. The smallest absolute Gasteiger partial charge is 0.233 e. The van der Waals surface area contributed by atoms with Gasteiger partial charge in [-0.1, -0.05) is 0 Å². The fourth-order valence-corrected chi connectivity index (χ4v) is 2.00. The number of ether oxygens (including phenoxy) is 1. The number of nitrogens with one attached hydrogen (secondary N) is 1. The second-order valence-corrected chi connectivity index (χ2v) is 4.94. The quantitative estimate of drug-likeness (QED) is 0.630. The lowest BCUT2D eigenvalue weighted by atomic mass is 10.3. The normalized spacial score (nSPS) is 10.3. The van der Waals surface area contributed by atoms with Crippen LogP contribution in [-0.4, -0.2) is 15.0 Å². The molecule has 3 rings (SSSR count). The number of nitrogens with zero attached hydrogens (tertiary/aromatic N) is 3. The molecular weight excluding hydrogens is 316 g/mol. The Balaban J connectivity index is 1.70. The number of aromatic nitrogens is 3. The highest BCUT2D eigenvalue weighted by molar-refractivity contribution is 6.28. The summed E-state index contributed by atoms with van der Waals surface area (Å²) in [4.78, 5) is 11.6. The van der Waals surface area contributed by atoms with Crippen molar-refractivity contribution >= 4 is 34.9 Å².